The van der Waals surface area contributed by atoms with Gasteiger partial charge in [-0.1, -0.05) is 17.7 Å². The first-order valence-corrected chi connectivity index (χ1v) is 10.1. The summed E-state index contributed by atoms with van der Waals surface area (Å²) in [7, 11) is 0. The fourth-order valence-corrected chi connectivity index (χ4v) is 3.29. The van der Waals surface area contributed by atoms with Crippen molar-refractivity contribution < 1.29 is 9.53 Å². The van der Waals surface area contributed by atoms with Crippen LogP contribution in [0.15, 0.2) is 48.9 Å². The quantitative estimate of drug-likeness (QED) is 0.503. The number of imidazole rings is 1. The number of ether oxygens (including phenoxy) is 1. The Labute approximate surface area is 181 Å². The number of anilines is 1. The van der Waals surface area contributed by atoms with Crippen LogP contribution in [0, 0.1) is 27.7 Å². The first-order chi connectivity index (χ1) is 14.9. The minimum Gasteiger partial charge on any atom is -0.443 e. The van der Waals surface area contributed by atoms with Gasteiger partial charge in [0, 0.05) is 18.4 Å². The van der Waals surface area contributed by atoms with Gasteiger partial charge < -0.3 is 9.30 Å². The molecule has 4 rings (SSSR count). The van der Waals surface area contributed by atoms with Gasteiger partial charge in [0.25, 0.3) is 0 Å². The molecule has 0 atom stereocenters. The molecule has 0 saturated carbocycles. The molecule has 0 spiro atoms. The lowest BCUT2D eigenvalue weighted by atomic mass is 10.1. The van der Waals surface area contributed by atoms with E-state index in [1.807, 2.05) is 55.8 Å². The number of fused-ring (bicyclic) bond motifs is 1. The van der Waals surface area contributed by atoms with Crippen LogP contribution in [0.5, 0.6) is 0 Å². The maximum Gasteiger partial charge on any atom is 0.412 e. The molecule has 4 aromatic rings. The van der Waals surface area contributed by atoms with E-state index in [0.29, 0.717) is 17.9 Å². The number of rotatable bonds is 5. The van der Waals surface area contributed by atoms with E-state index in [-0.39, 0.29) is 6.61 Å². The van der Waals surface area contributed by atoms with Crippen LogP contribution in [0.3, 0.4) is 0 Å². The molecule has 0 bridgehead atoms. The van der Waals surface area contributed by atoms with Gasteiger partial charge in [0.15, 0.2) is 0 Å². The molecule has 7 nitrogen and oxygen atoms in total. The molecule has 0 radical (unpaired) electrons. The van der Waals surface area contributed by atoms with E-state index >= 15 is 0 Å². The zero-order chi connectivity index (χ0) is 22.0. The molecule has 0 saturated heterocycles. The van der Waals surface area contributed by atoms with Crippen molar-refractivity contribution in [2.45, 2.75) is 40.8 Å². The zero-order valence-electron chi connectivity index (χ0n) is 18.1. The van der Waals surface area contributed by atoms with Gasteiger partial charge in [-0.2, -0.15) is 0 Å². The van der Waals surface area contributed by atoms with Crippen LogP contribution in [0.1, 0.15) is 33.8 Å². The summed E-state index contributed by atoms with van der Waals surface area (Å²) in [4.78, 5) is 25.6. The van der Waals surface area contributed by atoms with Crippen LogP contribution < -0.4 is 5.32 Å². The molecule has 0 fully saturated rings. The zero-order valence-corrected chi connectivity index (χ0v) is 18.1. The SMILES string of the molecule is Cc1ccc(NC(=O)OCc2cn(Cc3cc4nc(C)c(C)nc4cc3C)cn2)cc1. The van der Waals surface area contributed by atoms with Crippen molar-refractivity contribution in [2.24, 2.45) is 0 Å². The second-order valence-electron chi connectivity index (χ2n) is 7.77. The maximum atomic E-state index is 12.0. The lowest BCUT2D eigenvalue weighted by molar-refractivity contribution is 0.154. The van der Waals surface area contributed by atoms with Gasteiger partial charge in [0.1, 0.15) is 6.61 Å². The minimum atomic E-state index is -0.506. The Hall–Kier alpha value is -3.74. The monoisotopic (exact) mass is 415 g/mol. The Morgan fingerprint density at radius 2 is 1.68 bits per heavy atom. The van der Waals surface area contributed by atoms with Crippen molar-refractivity contribution in [1.82, 2.24) is 19.5 Å². The molecule has 1 N–H and O–H groups in total. The molecule has 1 amide bonds. The number of benzene rings is 2. The summed E-state index contributed by atoms with van der Waals surface area (Å²) in [6.07, 6.45) is 3.12. The fourth-order valence-electron chi connectivity index (χ4n) is 3.29. The topological polar surface area (TPSA) is 81.9 Å². The van der Waals surface area contributed by atoms with Crippen LogP contribution in [0.25, 0.3) is 11.0 Å². The Balaban J connectivity index is 1.39. The largest absolute Gasteiger partial charge is 0.443 e. The summed E-state index contributed by atoms with van der Waals surface area (Å²) in [6, 6.07) is 11.7. The van der Waals surface area contributed by atoms with Crippen molar-refractivity contribution in [3.05, 3.63) is 82.7 Å². The van der Waals surface area contributed by atoms with E-state index in [2.05, 4.69) is 39.3 Å². The lowest BCUT2D eigenvalue weighted by Crippen LogP contribution is -2.13. The molecule has 0 aliphatic rings. The maximum absolute atomic E-state index is 12.0. The van der Waals surface area contributed by atoms with Crippen LogP contribution in [0.2, 0.25) is 0 Å². The second kappa shape index (κ2) is 8.55. The number of hydrogen-bond acceptors (Lipinski definition) is 5. The van der Waals surface area contributed by atoms with Gasteiger partial charge in [-0.05, 0) is 63.1 Å². The highest BCUT2D eigenvalue weighted by molar-refractivity contribution is 5.84. The number of amides is 1. The Morgan fingerprint density at radius 1 is 1.00 bits per heavy atom. The highest BCUT2D eigenvalue weighted by Gasteiger charge is 2.09. The average molecular weight is 415 g/mol. The molecule has 0 aliphatic heterocycles. The Kier molecular flexibility index (Phi) is 5.66. The van der Waals surface area contributed by atoms with E-state index in [0.717, 1.165) is 39.1 Å². The Morgan fingerprint density at radius 3 is 2.39 bits per heavy atom. The number of nitrogens with zero attached hydrogens (tertiary/aromatic N) is 4. The molecule has 31 heavy (non-hydrogen) atoms. The predicted octanol–water partition coefficient (Wildman–Crippen LogP) is 4.86. The molecule has 7 heteroatoms. The Bertz CT molecular complexity index is 1250. The van der Waals surface area contributed by atoms with Gasteiger partial charge in [-0.25, -0.2) is 19.7 Å². The fraction of sp³-hybridized carbons (Fsp3) is 0.250. The van der Waals surface area contributed by atoms with Gasteiger partial charge >= 0.3 is 6.09 Å². The predicted molar refractivity (Wildman–Crippen MR) is 120 cm³/mol. The summed E-state index contributed by atoms with van der Waals surface area (Å²) >= 11 is 0. The second-order valence-corrected chi connectivity index (χ2v) is 7.77. The normalized spacial score (nSPS) is 11.0. The van der Waals surface area contributed by atoms with Gasteiger partial charge in [0.2, 0.25) is 0 Å². The molecular formula is C24H25N5O2. The molecule has 2 aromatic heterocycles. The number of hydrogen-bond donors (Lipinski definition) is 1. The van der Waals surface area contributed by atoms with Gasteiger partial charge in [-0.3, -0.25) is 5.32 Å². The van der Waals surface area contributed by atoms with Crippen molar-refractivity contribution in [3.8, 4) is 0 Å². The first kappa shape index (κ1) is 20.5. The molecule has 2 aromatic carbocycles. The molecule has 0 aliphatic carbocycles. The van der Waals surface area contributed by atoms with Crippen LogP contribution >= 0.6 is 0 Å². The summed E-state index contributed by atoms with van der Waals surface area (Å²) in [5.74, 6) is 0. The van der Waals surface area contributed by atoms with E-state index in [1.54, 1.807) is 6.33 Å². The van der Waals surface area contributed by atoms with Crippen LogP contribution in [-0.4, -0.2) is 25.6 Å². The highest BCUT2D eigenvalue weighted by atomic mass is 16.5. The van der Waals surface area contributed by atoms with E-state index in [9.17, 15) is 4.79 Å². The molecule has 158 valence electrons. The van der Waals surface area contributed by atoms with E-state index in [4.69, 9.17) is 4.74 Å². The van der Waals surface area contributed by atoms with Crippen molar-refractivity contribution in [3.63, 3.8) is 0 Å². The minimum absolute atomic E-state index is 0.103. The number of aryl methyl sites for hydroxylation is 4. The molecule has 2 heterocycles. The summed E-state index contributed by atoms with van der Waals surface area (Å²) in [6.45, 7) is 8.76. The van der Waals surface area contributed by atoms with Crippen molar-refractivity contribution >= 4 is 22.8 Å². The number of carbonyl (C=O) groups excluding carboxylic acids is 1. The summed E-state index contributed by atoms with van der Waals surface area (Å²) < 4.78 is 7.26. The standard InChI is InChI=1S/C24H25N5O2/c1-15-5-7-20(8-6-15)28-24(30)31-13-21-12-29(14-25-21)11-19-10-23-22(9-16(19)2)26-17(3)18(4)27-23/h5-10,12,14H,11,13H2,1-4H3,(H,28,30). The van der Waals surface area contributed by atoms with Gasteiger partial charge in [0.05, 0.1) is 34.4 Å². The number of carbonyl (C=O) groups is 1. The third kappa shape index (κ3) is 4.88. The number of nitrogens with one attached hydrogen (secondary N) is 1. The van der Waals surface area contributed by atoms with Crippen LogP contribution in [0.4, 0.5) is 10.5 Å². The lowest BCUT2D eigenvalue weighted by Gasteiger charge is -2.10. The molecular weight excluding hydrogens is 390 g/mol. The highest BCUT2D eigenvalue weighted by Crippen LogP contribution is 2.19. The smallest absolute Gasteiger partial charge is 0.412 e. The van der Waals surface area contributed by atoms with E-state index in [1.165, 1.54) is 0 Å². The first-order valence-electron chi connectivity index (χ1n) is 10.1. The third-order valence-electron chi connectivity index (χ3n) is 5.22. The average Bonchev–Trinajstić information content (AvgIpc) is 3.18. The third-order valence-corrected chi connectivity index (χ3v) is 5.22. The number of aromatic nitrogens is 4. The van der Waals surface area contributed by atoms with Crippen molar-refractivity contribution in [2.75, 3.05) is 5.32 Å². The van der Waals surface area contributed by atoms with Crippen LogP contribution in [-0.2, 0) is 17.9 Å². The van der Waals surface area contributed by atoms with E-state index < -0.39 is 6.09 Å². The summed E-state index contributed by atoms with van der Waals surface area (Å²) in [5, 5.41) is 2.71. The molecule has 0 unspecified atom stereocenters. The summed E-state index contributed by atoms with van der Waals surface area (Å²) in [5.41, 5.74) is 8.48. The van der Waals surface area contributed by atoms with Gasteiger partial charge in [-0.15, -0.1) is 0 Å². The van der Waals surface area contributed by atoms with Crippen molar-refractivity contribution in [1.29, 1.82) is 0 Å².